The Labute approximate surface area is 104 Å². The quantitative estimate of drug-likeness (QED) is 0.810. The first kappa shape index (κ1) is 13.2. The molecule has 4 heteroatoms. The predicted octanol–water partition coefficient (Wildman–Crippen LogP) is 3.26. The van der Waals surface area contributed by atoms with Gasteiger partial charge in [0.1, 0.15) is 0 Å². The molecule has 1 aromatic rings. The fraction of sp³-hybridized carbons (Fsp3) is 0.417. The Hall–Kier alpha value is -0.850. The van der Waals surface area contributed by atoms with Crippen molar-refractivity contribution in [1.82, 2.24) is 0 Å². The first-order valence-corrected chi connectivity index (χ1v) is 7.07. The zero-order valence-corrected chi connectivity index (χ0v) is 10.8. The van der Waals surface area contributed by atoms with Gasteiger partial charge in [-0.1, -0.05) is 31.0 Å². The molecule has 0 aromatic heterocycles. The first-order chi connectivity index (χ1) is 7.67. The number of nitriles is 1. The van der Waals surface area contributed by atoms with Crippen LogP contribution in [0.3, 0.4) is 0 Å². The number of rotatable bonds is 5. The summed E-state index contributed by atoms with van der Waals surface area (Å²) >= 11 is 6.00. The monoisotopic (exact) mass is 255 g/mol. The molecular weight excluding hydrogens is 242 g/mol. The third-order valence-corrected chi connectivity index (χ3v) is 3.95. The van der Waals surface area contributed by atoms with Gasteiger partial charge < -0.3 is 0 Å². The lowest BCUT2D eigenvalue weighted by atomic mass is 10.2. The van der Waals surface area contributed by atoms with Gasteiger partial charge in [-0.3, -0.25) is 4.21 Å². The maximum absolute atomic E-state index is 11.7. The summed E-state index contributed by atoms with van der Waals surface area (Å²) in [6.07, 6.45) is 2.02. The van der Waals surface area contributed by atoms with E-state index in [-0.39, 0.29) is 0 Å². The number of benzene rings is 1. The van der Waals surface area contributed by atoms with Gasteiger partial charge in [0, 0.05) is 27.3 Å². The van der Waals surface area contributed by atoms with Crippen LogP contribution < -0.4 is 0 Å². The van der Waals surface area contributed by atoms with Crippen LogP contribution in [-0.4, -0.2) is 9.96 Å². The normalized spacial score (nSPS) is 12.1. The van der Waals surface area contributed by atoms with E-state index in [2.05, 4.69) is 6.92 Å². The van der Waals surface area contributed by atoms with E-state index in [0.29, 0.717) is 22.1 Å². The number of unbranched alkanes of at least 4 members (excludes halogenated alkanes) is 1. The molecule has 1 aromatic carbocycles. The van der Waals surface area contributed by atoms with E-state index >= 15 is 0 Å². The van der Waals surface area contributed by atoms with Gasteiger partial charge in [-0.05, 0) is 24.1 Å². The summed E-state index contributed by atoms with van der Waals surface area (Å²) in [4.78, 5) is 0. The van der Waals surface area contributed by atoms with Gasteiger partial charge in [-0.2, -0.15) is 5.26 Å². The molecule has 2 nitrogen and oxygen atoms in total. The fourth-order valence-corrected chi connectivity index (χ4v) is 2.97. The van der Waals surface area contributed by atoms with Gasteiger partial charge in [0.2, 0.25) is 0 Å². The summed E-state index contributed by atoms with van der Waals surface area (Å²) in [7, 11) is -0.857. The van der Waals surface area contributed by atoms with E-state index in [1.807, 2.05) is 6.07 Å². The Morgan fingerprint density at radius 3 is 2.81 bits per heavy atom. The molecule has 1 unspecified atom stereocenters. The minimum atomic E-state index is -0.857. The third kappa shape index (κ3) is 3.96. The number of hydrogen-bond acceptors (Lipinski definition) is 2. The van der Waals surface area contributed by atoms with Crippen LogP contribution in [0.25, 0.3) is 0 Å². The van der Waals surface area contributed by atoms with Crippen molar-refractivity contribution < 1.29 is 4.21 Å². The Morgan fingerprint density at radius 2 is 2.25 bits per heavy atom. The van der Waals surface area contributed by atoms with Crippen LogP contribution in [0.15, 0.2) is 18.2 Å². The molecule has 0 N–H and O–H groups in total. The van der Waals surface area contributed by atoms with Crippen LogP contribution in [0.1, 0.15) is 30.9 Å². The van der Waals surface area contributed by atoms with Crippen LogP contribution in [0.5, 0.6) is 0 Å². The van der Waals surface area contributed by atoms with Crippen molar-refractivity contribution >= 4 is 22.4 Å². The Balaban J connectivity index is 2.68. The summed E-state index contributed by atoms with van der Waals surface area (Å²) in [5, 5.41) is 9.21. The molecule has 0 fully saturated rings. The SMILES string of the molecule is CCCCS(=O)Cc1ccc(C#N)cc1Cl. The predicted molar refractivity (Wildman–Crippen MR) is 67.8 cm³/mol. The average molecular weight is 256 g/mol. The van der Waals surface area contributed by atoms with Crippen molar-refractivity contribution in [3.63, 3.8) is 0 Å². The van der Waals surface area contributed by atoms with E-state index < -0.39 is 10.8 Å². The van der Waals surface area contributed by atoms with Crippen molar-refractivity contribution in [3.05, 3.63) is 34.3 Å². The van der Waals surface area contributed by atoms with Crippen LogP contribution in [0.2, 0.25) is 5.02 Å². The fourth-order valence-electron chi connectivity index (χ4n) is 1.28. The number of halogens is 1. The van der Waals surface area contributed by atoms with Gasteiger partial charge in [0.15, 0.2) is 0 Å². The molecule has 0 saturated heterocycles. The summed E-state index contributed by atoms with van der Waals surface area (Å²) in [5.41, 5.74) is 1.39. The zero-order valence-electron chi connectivity index (χ0n) is 9.20. The van der Waals surface area contributed by atoms with E-state index in [1.54, 1.807) is 18.2 Å². The Bertz CT molecular complexity index is 426. The highest BCUT2D eigenvalue weighted by Gasteiger charge is 2.06. The highest BCUT2D eigenvalue weighted by Crippen LogP contribution is 2.19. The maximum atomic E-state index is 11.7. The molecular formula is C12H14ClNOS. The Morgan fingerprint density at radius 1 is 1.50 bits per heavy atom. The number of nitrogens with zero attached hydrogens (tertiary/aromatic N) is 1. The first-order valence-electron chi connectivity index (χ1n) is 5.21. The highest BCUT2D eigenvalue weighted by atomic mass is 35.5. The van der Waals surface area contributed by atoms with Crippen LogP contribution in [-0.2, 0) is 16.6 Å². The minimum Gasteiger partial charge on any atom is -0.259 e. The Kier molecular flexibility index (Phi) is 5.51. The lowest BCUT2D eigenvalue weighted by Gasteiger charge is -2.04. The van der Waals surface area contributed by atoms with Gasteiger partial charge >= 0.3 is 0 Å². The maximum Gasteiger partial charge on any atom is 0.0992 e. The van der Waals surface area contributed by atoms with E-state index in [0.717, 1.165) is 18.4 Å². The summed E-state index contributed by atoms with van der Waals surface area (Å²) < 4.78 is 11.7. The van der Waals surface area contributed by atoms with E-state index in [1.165, 1.54) is 0 Å². The van der Waals surface area contributed by atoms with E-state index in [9.17, 15) is 4.21 Å². The molecule has 86 valence electrons. The molecule has 0 amide bonds. The van der Waals surface area contributed by atoms with Gasteiger partial charge in [0.25, 0.3) is 0 Å². The standard InChI is InChI=1S/C12H14ClNOS/c1-2-3-6-16(15)9-11-5-4-10(8-14)7-12(11)13/h4-5,7H,2-3,6,9H2,1H3. The van der Waals surface area contributed by atoms with Gasteiger partial charge in [-0.25, -0.2) is 0 Å². The second-order valence-electron chi connectivity index (χ2n) is 3.56. The summed E-state index contributed by atoms with van der Waals surface area (Å²) in [6.45, 7) is 2.08. The molecule has 1 atom stereocenters. The largest absolute Gasteiger partial charge is 0.259 e. The number of hydrogen-bond donors (Lipinski definition) is 0. The van der Waals surface area contributed by atoms with Crippen LogP contribution >= 0.6 is 11.6 Å². The second kappa shape index (κ2) is 6.67. The van der Waals surface area contributed by atoms with Gasteiger partial charge in [0.05, 0.1) is 11.6 Å². The van der Waals surface area contributed by atoms with Crippen molar-refractivity contribution in [1.29, 1.82) is 5.26 Å². The lowest BCUT2D eigenvalue weighted by Crippen LogP contribution is -2.01. The molecule has 0 heterocycles. The molecule has 0 aliphatic rings. The van der Waals surface area contributed by atoms with Crippen molar-refractivity contribution in [3.8, 4) is 6.07 Å². The molecule has 0 saturated carbocycles. The lowest BCUT2D eigenvalue weighted by molar-refractivity contribution is 0.679. The van der Waals surface area contributed by atoms with E-state index in [4.69, 9.17) is 16.9 Å². The van der Waals surface area contributed by atoms with Crippen LogP contribution in [0.4, 0.5) is 0 Å². The van der Waals surface area contributed by atoms with Crippen molar-refractivity contribution in [2.75, 3.05) is 5.75 Å². The van der Waals surface area contributed by atoms with Gasteiger partial charge in [-0.15, -0.1) is 0 Å². The summed E-state index contributed by atoms with van der Waals surface area (Å²) in [6, 6.07) is 7.13. The minimum absolute atomic E-state index is 0.477. The molecule has 16 heavy (non-hydrogen) atoms. The average Bonchev–Trinajstić information content (AvgIpc) is 2.29. The third-order valence-electron chi connectivity index (χ3n) is 2.22. The highest BCUT2D eigenvalue weighted by molar-refractivity contribution is 7.84. The summed E-state index contributed by atoms with van der Waals surface area (Å²) in [5.74, 6) is 1.19. The molecule has 0 aliphatic heterocycles. The zero-order chi connectivity index (χ0) is 12.0. The smallest absolute Gasteiger partial charge is 0.0992 e. The molecule has 0 spiro atoms. The van der Waals surface area contributed by atoms with Crippen LogP contribution in [0, 0.1) is 11.3 Å². The molecule has 0 aliphatic carbocycles. The second-order valence-corrected chi connectivity index (χ2v) is 5.54. The molecule has 1 rings (SSSR count). The van der Waals surface area contributed by atoms with Crippen molar-refractivity contribution in [2.24, 2.45) is 0 Å². The molecule has 0 bridgehead atoms. The van der Waals surface area contributed by atoms with Crippen molar-refractivity contribution in [2.45, 2.75) is 25.5 Å². The topological polar surface area (TPSA) is 40.9 Å². The molecule has 0 radical (unpaired) electrons.